The van der Waals surface area contributed by atoms with Gasteiger partial charge >= 0.3 is 5.97 Å². The number of aliphatic carboxylic acids is 1. The zero-order valence-electron chi connectivity index (χ0n) is 9.56. The van der Waals surface area contributed by atoms with Gasteiger partial charge in [0.05, 0.1) is 17.4 Å². The Balaban J connectivity index is 4.34. The molecule has 0 radical (unpaired) electrons. The van der Waals surface area contributed by atoms with Gasteiger partial charge in [-0.2, -0.15) is 0 Å². The van der Waals surface area contributed by atoms with Crippen molar-refractivity contribution in [3.63, 3.8) is 0 Å². The molecule has 0 aliphatic rings. The number of hydrogen-bond donors (Lipinski definition) is 1. The van der Waals surface area contributed by atoms with Crippen molar-refractivity contribution in [3.8, 4) is 0 Å². The lowest BCUT2D eigenvalue weighted by Gasteiger charge is -2.14. The van der Waals surface area contributed by atoms with Crippen LogP contribution in [0.4, 0.5) is 0 Å². The average Bonchev–Trinajstić information content (AvgIpc) is 2.01. The standard InChI is InChI=1S/C10H20O4S/c1-4-5-8(2)7-15(13,14)9(3)6-10(11)12/h8-9H,4-7H2,1-3H3,(H,11,12). The molecule has 2 atom stereocenters. The van der Waals surface area contributed by atoms with Crippen molar-refractivity contribution in [3.05, 3.63) is 0 Å². The van der Waals surface area contributed by atoms with Gasteiger partial charge in [0.25, 0.3) is 0 Å². The molecular formula is C10H20O4S. The van der Waals surface area contributed by atoms with Gasteiger partial charge < -0.3 is 5.11 Å². The van der Waals surface area contributed by atoms with Gasteiger partial charge in [0, 0.05) is 0 Å². The van der Waals surface area contributed by atoms with Crippen LogP contribution in [0.5, 0.6) is 0 Å². The highest BCUT2D eigenvalue weighted by Gasteiger charge is 2.25. The average molecular weight is 236 g/mol. The minimum atomic E-state index is -3.26. The number of carboxylic acids is 1. The van der Waals surface area contributed by atoms with E-state index >= 15 is 0 Å². The first-order valence-corrected chi connectivity index (χ1v) is 6.94. The van der Waals surface area contributed by atoms with E-state index in [4.69, 9.17) is 5.11 Å². The Bertz CT molecular complexity index is 295. The quantitative estimate of drug-likeness (QED) is 0.730. The summed E-state index contributed by atoms with van der Waals surface area (Å²) in [6.07, 6.45) is 1.50. The van der Waals surface area contributed by atoms with E-state index in [2.05, 4.69) is 0 Å². The smallest absolute Gasteiger partial charge is 0.304 e. The Morgan fingerprint density at radius 2 is 1.87 bits per heavy atom. The second-order valence-electron chi connectivity index (χ2n) is 4.13. The summed E-state index contributed by atoms with van der Waals surface area (Å²) in [6.45, 7) is 5.35. The van der Waals surface area contributed by atoms with Crippen molar-refractivity contribution in [1.82, 2.24) is 0 Å². The molecule has 0 bridgehead atoms. The van der Waals surface area contributed by atoms with Crippen LogP contribution in [0.15, 0.2) is 0 Å². The van der Waals surface area contributed by atoms with Gasteiger partial charge in [0.15, 0.2) is 9.84 Å². The largest absolute Gasteiger partial charge is 0.481 e. The lowest BCUT2D eigenvalue weighted by Crippen LogP contribution is -2.26. The minimum absolute atomic E-state index is 0.0925. The van der Waals surface area contributed by atoms with Crippen molar-refractivity contribution in [2.24, 2.45) is 5.92 Å². The number of carboxylic acid groups (broad SMARTS) is 1. The molecule has 0 rings (SSSR count). The first kappa shape index (κ1) is 14.4. The highest BCUT2D eigenvalue weighted by molar-refractivity contribution is 7.92. The van der Waals surface area contributed by atoms with Crippen molar-refractivity contribution in [1.29, 1.82) is 0 Å². The Kier molecular flexibility index (Phi) is 5.87. The molecule has 4 nitrogen and oxygen atoms in total. The lowest BCUT2D eigenvalue weighted by molar-refractivity contribution is -0.136. The van der Waals surface area contributed by atoms with E-state index in [1.807, 2.05) is 13.8 Å². The zero-order valence-corrected chi connectivity index (χ0v) is 10.4. The van der Waals surface area contributed by atoms with Gasteiger partial charge in [-0.15, -0.1) is 0 Å². The molecule has 0 aromatic heterocycles. The molecule has 5 heteroatoms. The fraction of sp³-hybridized carbons (Fsp3) is 0.900. The fourth-order valence-electron chi connectivity index (χ4n) is 1.51. The first-order chi connectivity index (χ1) is 6.79. The second kappa shape index (κ2) is 6.10. The van der Waals surface area contributed by atoms with Gasteiger partial charge in [-0.1, -0.05) is 26.7 Å². The Morgan fingerprint density at radius 3 is 2.27 bits per heavy atom. The molecule has 0 saturated heterocycles. The highest BCUT2D eigenvalue weighted by Crippen LogP contribution is 2.14. The van der Waals surface area contributed by atoms with Crippen LogP contribution in [0.25, 0.3) is 0 Å². The summed E-state index contributed by atoms with van der Waals surface area (Å²) in [5.41, 5.74) is 0. The predicted molar refractivity (Wildman–Crippen MR) is 59.6 cm³/mol. The Morgan fingerprint density at radius 1 is 1.33 bits per heavy atom. The molecule has 0 fully saturated rings. The zero-order chi connectivity index (χ0) is 12.1. The van der Waals surface area contributed by atoms with E-state index in [1.54, 1.807) is 0 Å². The van der Waals surface area contributed by atoms with Crippen LogP contribution in [0.3, 0.4) is 0 Å². The summed E-state index contributed by atoms with van der Waals surface area (Å²) in [6, 6.07) is 0. The summed E-state index contributed by atoms with van der Waals surface area (Å²) in [7, 11) is -3.26. The normalized spacial score (nSPS) is 15.9. The third-order valence-electron chi connectivity index (χ3n) is 2.37. The number of rotatable bonds is 7. The molecule has 90 valence electrons. The van der Waals surface area contributed by atoms with E-state index < -0.39 is 21.1 Å². The van der Waals surface area contributed by atoms with Crippen LogP contribution in [0.2, 0.25) is 0 Å². The van der Waals surface area contributed by atoms with Gasteiger partial charge in [0.2, 0.25) is 0 Å². The van der Waals surface area contributed by atoms with Crippen molar-refractivity contribution in [2.75, 3.05) is 5.75 Å². The molecule has 2 unspecified atom stereocenters. The first-order valence-electron chi connectivity index (χ1n) is 5.23. The SMILES string of the molecule is CCCC(C)CS(=O)(=O)C(C)CC(=O)O. The minimum Gasteiger partial charge on any atom is -0.481 e. The molecular weight excluding hydrogens is 216 g/mol. The third kappa shape index (κ3) is 5.77. The van der Waals surface area contributed by atoms with Crippen LogP contribution < -0.4 is 0 Å². The highest BCUT2D eigenvalue weighted by atomic mass is 32.2. The molecule has 0 spiro atoms. The predicted octanol–water partition coefficient (Wildman–Crippen LogP) is 1.70. The molecule has 0 aromatic carbocycles. The van der Waals surface area contributed by atoms with Crippen molar-refractivity contribution >= 4 is 15.8 Å². The topological polar surface area (TPSA) is 71.4 Å². The molecule has 0 saturated carbocycles. The Labute approximate surface area is 91.6 Å². The third-order valence-corrected chi connectivity index (χ3v) is 4.80. The summed E-state index contributed by atoms with van der Waals surface area (Å²) in [4.78, 5) is 10.4. The maximum atomic E-state index is 11.7. The molecule has 1 N–H and O–H groups in total. The molecule has 0 aliphatic carbocycles. The van der Waals surface area contributed by atoms with E-state index in [9.17, 15) is 13.2 Å². The van der Waals surface area contributed by atoms with Gasteiger partial charge in [-0.25, -0.2) is 8.42 Å². The van der Waals surface area contributed by atoms with Gasteiger partial charge in [0.1, 0.15) is 0 Å². The summed E-state index contributed by atoms with van der Waals surface area (Å²) in [5, 5.41) is 7.74. The molecule has 0 heterocycles. The number of hydrogen-bond acceptors (Lipinski definition) is 3. The molecule has 15 heavy (non-hydrogen) atoms. The van der Waals surface area contributed by atoms with E-state index in [1.165, 1.54) is 6.92 Å². The van der Waals surface area contributed by atoms with Crippen LogP contribution >= 0.6 is 0 Å². The summed E-state index contributed by atoms with van der Waals surface area (Å²) >= 11 is 0. The van der Waals surface area contributed by atoms with E-state index in [0.717, 1.165) is 12.8 Å². The van der Waals surface area contributed by atoms with E-state index in [-0.39, 0.29) is 18.1 Å². The van der Waals surface area contributed by atoms with Crippen molar-refractivity contribution in [2.45, 2.75) is 45.3 Å². The monoisotopic (exact) mass is 236 g/mol. The molecule has 0 aromatic rings. The van der Waals surface area contributed by atoms with Crippen molar-refractivity contribution < 1.29 is 18.3 Å². The van der Waals surface area contributed by atoms with Gasteiger partial charge in [-0.3, -0.25) is 4.79 Å². The van der Waals surface area contributed by atoms with E-state index in [0.29, 0.717) is 0 Å². The fourth-order valence-corrected chi connectivity index (χ4v) is 3.19. The maximum absolute atomic E-state index is 11.7. The molecule has 0 aliphatic heterocycles. The second-order valence-corrected chi connectivity index (χ2v) is 6.60. The van der Waals surface area contributed by atoms with Crippen LogP contribution in [-0.4, -0.2) is 30.5 Å². The number of sulfone groups is 1. The Hall–Kier alpha value is -0.580. The lowest BCUT2D eigenvalue weighted by atomic mass is 10.1. The maximum Gasteiger partial charge on any atom is 0.304 e. The molecule has 0 amide bonds. The number of carbonyl (C=O) groups is 1. The van der Waals surface area contributed by atoms with Crippen LogP contribution in [0.1, 0.15) is 40.0 Å². The summed E-state index contributed by atoms with van der Waals surface area (Å²) < 4.78 is 23.4. The summed E-state index contributed by atoms with van der Waals surface area (Å²) in [5.74, 6) is -0.861. The van der Waals surface area contributed by atoms with Gasteiger partial charge in [-0.05, 0) is 12.8 Å². The van der Waals surface area contributed by atoms with Crippen LogP contribution in [-0.2, 0) is 14.6 Å². The van der Waals surface area contributed by atoms with Crippen LogP contribution in [0, 0.1) is 5.92 Å².